The number of hydrogen-bond acceptors (Lipinski definition) is 8. The molecule has 0 spiro atoms. The minimum atomic E-state index is -0.998. The van der Waals surface area contributed by atoms with Crippen molar-refractivity contribution in [3.8, 4) is 11.5 Å². The summed E-state index contributed by atoms with van der Waals surface area (Å²) in [6.07, 6.45) is -0.677. The van der Waals surface area contributed by atoms with Crippen molar-refractivity contribution in [2.45, 2.75) is 35.4 Å². The highest BCUT2D eigenvalue weighted by Gasteiger charge is 2.38. The third-order valence-corrected chi connectivity index (χ3v) is 13.1. The number of hydrogen-bond donors (Lipinski definition) is 4. The molecule has 0 aliphatic rings. The minimum absolute atomic E-state index is 0.157. The number of amides is 2. The lowest BCUT2D eigenvalue weighted by molar-refractivity contribution is -0.124. The Morgan fingerprint density at radius 1 is 0.525 bits per heavy atom. The van der Waals surface area contributed by atoms with Gasteiger partial charge in [0.2, 0.25) is 11.8 Å². The Balaban J connectivity index is 1.16. The predicted molar refractivity (Wildman–Crippen MR) is 243 cm³/mol. The second-order valence-corrected chi connectivity index (χ2v) is 16.5. The summed E-state index contributed by atoms with van der Waals surface area (Å²) in [5, 5.41) is 19.0. The average molecular weight is 824 g/mol. The normalized spacial score (nSPS) is 11.5. The van der Waals surface area contributed by atoms with Gasteiger partial charge in [-0.15, -0.1) is 23.5 Å². The van der Waals surface area contributed by atoms with E-state index in [0.717, 1.165) is 44.9 Å². The van der Waals surface area contributed by atoms with E-state index in [9.17, 15) is 14.6 Å². The van der Waals surface area contributed by atoms with E-state index >= 15 is 0 Å². The lowest BCUT2D eigenvalue weighted by Crippen LogP contribution is -2.60. The molecule has 302 valence electrons. The van der Waals surface area contributed by atoms with Crippen molar-refractivity contribution in [1.29, 1.82) is 0 Å². The van der Waals surface area contributed by atoms with Crippen LogP contribution in [0.1, 0.15) is 46.2 Å². The van der Waals surface area contributed by atoms with Crippen LogP contribution in [0.3, 0.4) is 0 Å². The van der Waals surface area contributed by atoms with E-state index in [2.05, 4.69) is 88.7 Å². The molecule has 4 N–H and O–H groups in total. The fourth-order valence-corrected chi connectivity index (χ4v) is 10.3. The average Bonchev–Trinajstić information content (AvgIpc) is 3.28. The summed E-state index contributed by atoms with van der Waals surface area (Å²) in [5.74, 6) is 1.88. The summed E-state index contributed by atoms with van der Waals surface area (Å²) in [6, 6.07) is 57.2. The molecule has 0 heterocycles. The van der Waals surface area contributed by atoms with E-state index in [4.69, 9.17) is 9.47 Å². The summed E-state index contributed by atoms with van der Waals surface area (Å²) in [5.41, 5.74) is 6.42. The highest BCUT2D eigenvalue weighted by Crippen LogP contribution is 2.50. The molecule has 59 heavy (non-hydrogen) atoms. The van der Waals surface area contributed by atoms with Crippen LogP contribution in [0.2, 0.25) is 6.82 Å². The summed E-state index contributed by atoms with van der Waals surface area (Å²) in [6.45, 7) is 1.54. The molecule has 11 heteroatoms. The van der Waals surface area contributed by atoms with Gasteiger partial charge < -0.3 is 25.1 Å². The number of nitrogens with one attached hydrogen (secondary N) is 3. The Labute approximate surface area is 356 Å². The number of methoxy groups -OCH3 is 2. The number of rotatable bonds is 20. The molecule has 0 saturated carbocycles. The van der Waals surface area contributed by atoms with E-state index in [1.54, 1.807) is 44.6 Å². The molecule has 0 bridgehead atoms. The Hall–Kier alpha value is -5.46. The maximum atomic E-state index is 13.6. The molecule has 0 aliphatic carbocycles. The van der Waals surface area contributed by atoms with Crippen LogP contribution < -0.4 is 25.3 Å². The van der Waals surface area contributed by atoms with E-state index in [1.807, 2.05) is 97.1 Å². The van der Waals surface area contributed by atoms with Crippen molar-refractivity contribution >= 4 is 42.4 Å². The van der Waals surface area contributed by atoms with Crippen LogP contribution in [0.4, 0.5) is 0 Å². The van der Waals surface area contributed by atoms with Gasteiger partial charge >= 0.3 is 7.05 Å². The zero-order valence-corrected chi connectivity index (χ0v) is 35.2. The quantitative estimate of drug-likeness (QED) is 0.0346. The Bertz CT molecular complexity index is 1970. The number of carbonyl (C=O) groups is 2. The van der Waals surface area contributed by atoms with Crippen molar-refractivity contribution in [3.05, 3.63) is 203 Å². The minimum Gasteiger partial charge on any atom is -0.497 e. The highest BCUT2D eigenvalue weighted by molar-refractivity contribution is 8.00. The fraction of sp³-hybridized carbons (Fsp3) is 0.208. The van der Waals surface area contributed by atoms with Gasteiger partial charge in [-0.2, -0.15) is 0 Å². The second kappa shape index (κ2) is 21.0. The summed E-state index contributed by atoms with van der Waals surface area (Å²) in [7, 11) is 2.30. The standard InChI is InChI=1S/C48H50BN3O5S2/c1-49(55)52-46(50-44(53)32-34-58-47(36-16-8-4-9-17-36,37-18-10-5-11-19-37)40-24-28-42(56-2)29-25-40)51-45(54)33-35-59-48(38-20-12-6-13-21-38,39-22-14-7-15-23-39)41-26-30-43(57-3)31-27-41/h4-31,46,52,55H,32-35H2,1-3H3,(H,50,53)(H,51,54). The molecular weight excluding hydrogens is 773 g/mol. The zero-order chi connectivity index (χ0) is 41.5. The van der Waals surface area contributed by atoms with E-state index in [-0.39, 0.29) is 24.7 Å². The molecule has 0 saturated heterocycles. The summed E-state index contributed by atoms with van der Waals surface area (Å²) < 4.78 is 9.70. The van der Waals surface area contributed by atoms with Crippen LogP contribution >= 0.6 is 23.5 Å². The SMILES string of the molecule is COc1ccc(C(SCCC(=O)NC(NB(C)O)NC(=O)CCSC(c2ccccc2)(c2ccccc2)c2ccc(OC)cc2)(c2ccccc2)c2ccccc2)cc1. The van der Waals surface area contributed by atoms with Gasteiger partial charge in [0.15, 0.2) is 0 Å². The van der Waals surface area contributed by atoms with Gasteiger partial charge in [0.05, 0.1) is 23.7 Å². The third-order valence-electron chi connectivity index (χ3n) is 10.0. The monoisotopic (exact) mass is 823 g/mol. The van der Waals surface area contributed by atoms with E-state index < -0.39 is 22.8 Å². The van der Waals surface area contributed by atoms with Crippen LogP contribution in [0.15, 0.2) is 170 Å². The predicted octanol–water partition coefficient (Wildman–Crippen LogP) is 8.45. The van der Waals surface area contributed by atoms with Gasteiger partial charge in [0.1, 0.15) is 17.8 Å². The fourth-order valence-electron chi connectivity index (χ4n) is 7.26. The zero-order valence-electron chi connectivity index (χ0n) is 33.5. The molecule has 0 aromatic heterocycles. The van der Waals surface area contributed by atoms with Crippen molar-refractivity contribution in [2.75, 3.05) is 25.7 Å². The maximum Gasteiger partial charge on any atom is 0.376 e. The number of benzene rings is 6. The molecular formula is C48H50BN3O5S2. The van der Waals surface area contributed by atoms with Gasteiger partial charge in [0.25, 0.3) is 0 Å². The lowest BCUT2D eigenvalue weighted by atomic mass is 9.84. The van der Waals surface area contributed by atoms with Gasteiger partial charge in [0, 0.05) is 24.3 Å². The molecule has 6 rings (SSSR count). The summed E-state index contributed by atoms with van der Waals surface area (Å²) in [4.78, 5) is 27.3. The number of carbonyl (C=O) groups excluding carboxylic acids is 2. The number of thioether (sulfide) groups is 2. The van der Waals surface area contributed by atoms with Crippen molar-refractivity contribution in [2.24, 2.45) is 0 Å². The van der Waals surface area contributed by atoms with Crippen molar-refractivity contribution in [3.63, 3.8) is 0 Å². The second-order valence-electron chi connectivity index (χ2n) is 13.9. The van der Waals surface area contributed by atoms with Crippen molar-refractivity contribution < 1.29 is 24.1 Å². The van der Waals surface area contributed by atoms with Crippen LogP contribution in [0, 0.1) is 0 Å². The molecule has 0 aliphatic heterocycles. The smallest absolute Gasteiger partial charge is 0.376 e. The van der Waals surface area contributed by atoms with E-state index in [1.165, 1.54) is 0 Å². The topological polar surface area (TPSA) is 109 Å². The summed E-state index contributed by atoms with van der Waals surface area (Å²) >= 11 is 3.33. The van der Waals surface area contributed by atoms with Crippen molar-refractivity contribution in [1.82, 2.24) is 15.9 Å². The molecule has 0 unspecified atom stereocenters. The lowest BCUT2D eigenvalue weighted by Gasteiger charge is -2.35. The van der Waals surface area contributed by atoms with Crippen LogP contribution in [-0.4, -0.2) is 55.9 Å². The van der Waals surface area contributed by atoms with Gasteiger partial charge in [-0.3, -0.25) is 14.8 Å². The largest absolute Gasteiger partial charge is 0.497 e. The molecule has 0 radical (unpaired) electrons. The molecule has 0 fully saturated rings. The van der Waals surface area contributed by atoms with Crippen LogP contribution in [-0.2, 0) is 19.1 Å². The first-order valence-corrected chi connectivity index (χ1v) is 21.6. The first-order chi connectivity index (χ1) is 28.8. The molecule has 6 aromatic rings. The highest BCUT2D eigenvalue weighted by atomic mass is 32.2. The third kappa shape index (κ3) is 10.6. The van der Waals surface area contributed by atoms with Gasteiger partial charge in [-0.25, -0.2) is 0 Å². The molecule has 6 aromatic carbocycles. The maximum absolute atomic E-state index is 13.6. The Morgan fingerprint density at radius 3 is 1.08 bits per heavy atom. The number of ether oxygens (including phenoxy) is 2. The van der Waals surface area contributed by atoms with E-state index in [0.29, 0.717) is 11.5 Å². The van der Waals surface area contributed by atoms with Crippen LogP contribution in [0.25, 0.3) is 0 Å². The Morgan fingerprint density at radius 2 is 0.814 bits per heavy atom. The van der Waals surface area contributed by atoms with Crippen LogP contribution in [0.5, 0.6) is 11.5 Å². The Kier molecular flexibility index (Phi) is 15.3. The first-order valence-electron chi connectivity index (χ1n) is 19.6. The molecule has 2 amide bonds. The first kappa shape index (κ1) is 43.1. The van der Waals surface area contributed by atoms with Gasteiger partial charge in [-0.1, -0.05) is 146 Å². The molecule has 8 nitrogen and oxygen atoms in total. The van der Waals surface area contributed by atoms with Gasteiger partial charge in [-0.05, 0) is 64.5 Å². The molecule has 0 atom stereocenters.